The largest absolute Gasteiger partial charge is 0.382 e. The van der Waals surface area contributed by atoms with E-state index < -0.39 is 0 Å². The molecule has 1 aromatic carbocycles. The van der Waals surface area contributed by atoms with E-state index in [0.717, 1.165) is 74.5 Å². The van der Waals surface area contributed by atoms with Crippen LogP contribution in [0.15, 0.2) is 36.5 Å². The lowest BCUT2D eigenvalue weighted by molar-refractivity contribution is -0.122. The molecule has 3 heterocycles. The van der Waals surface area contributed by atoms with Crippen molar-refractivity contribution in [1.29, 1.82) is 0 Å². The van der Waals surface area contributed by atoms with Crippen LogP contribution in [0.3, 0.4) is 0 Å². The second-order valence-electron chi connectivity index (χ2n) is 8.81. The smallest absolute Gasteiger partial charge is 0.143 e. The molecule has 0 bridgehead atoms. The molecule has 2 atom stereocenters. The van der Waals surface area contributed by atoms with Crippen LogP contribution in [0, 0.1) is 11.8 Å². The SMILES string of the molecule is C[C@@H](Nc1cccc(-c2cc(CC(=O)[C@@H]3CCCNC3)ncc2Cl)c1)C1CCOCC1. The Kier molecular flexibility index (Phi) is 7.59. The van der Waals surface area contributed by atoms with Gasteiger partial charge in [-0.15, -0.1) is 0 Å². The van der Waals surface area contributed by atoms with Gasteiger partial charge in [-0.2, -0.15) is 0 Å². The van der Waals surface area contributed by atoms with Gasteiger partial charge >= 0.3 is 0 Å². The van der Waals surface area contributed by atoms with Crippen molar-refractivity contribution in [2.75, 3.05) is 31.6 Å². The lowest BCUT2D eigenvalue weighted by Crippen LogP contribution is -2.35. The predicted octanol–water partition coefficient (Wildman–Crippen LogP) is 4.74. The Morgan fingerprint density at radius 2 is 2.13 bits per heavy atom. The lowest BCUT2D eigenvalue weighted by atomic mass is 9.92. The first kappa shape index (κ1) is 22.3. The fourth-order valence-corrected chi connectivity index (χ4v) is 4.83. The predicted molar refractivity (Wildman–Crippen MR) is 126 cm³/mol. The first-order valence-corrected chi connectivity index (χ1v) is 11.8. The molecule has 2 fully saturated rings. The number of benzene rings is 1. The minimum atomic E-state index is 0.0916. The molecule has 0 saturated carbocycles. The van der Waals surface area contributed by atoms with Crippen LogP contribution in [0.5, 0.6) is 0 Å². The van der Waals surface area contributed by atoms with Crippen LogP contribution in [-0.2, 0) is 16.0 Å². The fourth-order valence-electron chi connectivity index (χ4n) is 4.62. The summed E-state index contributed by atoms with van der Waals surface area (Å²) in [4.78, 5) is 17.1. The zero-order valence-electron chi connectivity index (χ0n) is 18.2. The Morgan fingerprint density at radius 1 is 1.29 bits per heavy atom. The molecule has 6 heteroatoms. The Bertz CT molecular complexity index is 892. The number of nitrogens with zero attached hydrogens (tertiary/aromatic N) is 1. The van der Waals surface area contributed by atoms with Gasteiger partial charge in [-0.1, -0.05) is 23.7 Å². The number of aromatic nitrogens is 1. The summed E-state index contributed by atoms with van der Waals surface area (Å²) in [6.45, 7) is 5.72. The normalized spacial score (nSPS) is 20.9. The number of hydrogen-bond acceptors (Lipinski definition) is 5. The number of nitrogens with one attached hydrogen (secondary N) is 2. The van der Waals surface area contributed by atoms with E-state index in [1.807, 2.05) is 12.1 Å². The first-order chi connectivity index (χ1) is 15.1. The van der Waals surface area contributed by atoms with E-state index in [9.17, 15) is 4.79 Å². The number of Topliss-reactive ketones (excluding diaryl/α,β-unsaturated/α-hetero) is 1. The van der Waals surface area contributed by atoms with Gasteiger partial charge in [0.1, 0.15) is 5.78 Å². The topological polar surface area (TPSA) is 63.2 Å². The van der Waals surface area contributed by atoms with Crippen molar-refractivity contribution in [3.63, 3.8) is 0 Å². The first-order valence-electron chi connectivity index (χ1n) is 11.4. The maximum absolute atomic E-state index is 12.7. The molecule has 0 spiro atoms. The van der Waals surface area contributed by atoms with Gasteiger partial charge < -0.3 is 15.4 Å². The molecule has 2 aliphatic heterocycles. The lowest BCUT2D eigenvalue weighted by Gasteiger charge is -2.29. The number of anilines is 1. The van der Waals surface area contributed by atoms with Crippen molar-refractivity contribution in [1.82, 2.24) is 10.3 Å². The zero-order valence-corrected chi connectivity index (χ0v) is 19.0. The summed E-state index contributed by atoms with van der Waals surface area (Å²) in [6, 6.07) is 10.7. The van der Waals surface area contributed by atoms with Crippen molar-refractivity contribution >= 4 is 23.1 Å². The van der Waals surface area contributed by atoms with Crippen molar-refractivity contribution in [3.8, 4) is 11.1 Å². The molecule has 0 amide bonds. The molecule has 1 aromatic heterocycles. The minimum Gasteiger partial charge on any atom is -0.382 e. The zero-order chi connectivity index (χ0) is 21.6. The Balaban J connectivity index is 1.47. The second kappa shape index (κ2) is 10.6. The number of carbonyl (C=O) groups excluding carboxylic acids is 1. The standard InChI is InChI=1S/C25H32ClN3O2/c1-17(18-7-10-31-11-8-18)29-21-6-2-4-19(12-21)23-13-22(28-16-24(23)26)14-25(30)20-5-3-9-27-15-20/h2,4,6,12-13,16-18,20,27,29H,3,5,7-11,14-15H2,1H3/t17-,20-/m1/s1. The third-order valence-electron chi connectivity index (χ3n) is 6.56. The fraction of sp³-hybridized carbons (Fsp3) is 0.520. The van der Waals surface area contributed by atoms with Crippen LogP contribution in [0.1, 0.15) is 38.3 Å². The van der Waals surface area contributed by atoms with Crippen molar-refractivity contribution in [3.05, 3.63) is 47.2 Å². The number of ether oxygens (including phenoxy) is 1. The van der Waals surface area contributed by atoms with Gasteiger partial charge in [-0.3, -0.25) is 9.78 Å². The molecule has 2 N–H and O–H groups in total. The number of ketones is 1. The van der Waals surface area contributed by atoms with E-state index in [1.165, 1.54) is 0 Å². The van der Waals surface area contributed by atoms with Crippen molar-refractivity contribution in [2.24, 2.45) is 11.8 Å². The number of carbonyl (C=O) groups is 1. The molecule has 4 rings (SSSR count). The third-order valence-corrected chi connectivity index (χ3v) is 6.86. The van der Waals surface area contributed by atoms with Crippen molar-refractivity contribution < 1.29 is 9.53 Å². The average molecular weight is 442 g/mol. The molecule has 2 saturated heterocycles. The van der Waals surface area contributed by atoms with Crippen LogP contribution in [0.2, 0.25) is 5.02 Å². The number of pyridine rings is 1. The third kappa shape index (κ3) is 5.85. The maximum atomic E-state index is 12.7. The summed E-state index contributed by atoms with van der Waals surface area (Å²) in [6.07, 6.45) is 6.24. The highest BCUT2D eigenvalue weighted by atomic mass is 35.5. The van der Waals surface area contributed by atoms with E-state index in [4.69, 9.17) is 16.3 Å². The van der Waals surface area contributed by atoms with E-state index in [0.29, 0.717) is 23.4 Å². The Hall–Kier alpha value is -1.95. The van der Waals surface area contributed by atoms with Crippen LogP contribution in [0.25, 0.3) is 11.1 Å². The Morgan fingerprint density at radius 3 is 2.90 bits per heavy atom. The highest BCUT2D eigenvalue weighted by Crippen LogP contribution is 2.31. The van der Waals surface area contributed by atoms with Crippen LogP contribution < -0.4 is 10.6 Å². The van der Waals surface area contributed by atoms with Crippen molar-refractivity contribution in [2.45, 2.75) is 45.1 Å². The summed E-state index contributed by atoms with van der Waals surface area (Å²) in [5.41, 5.74) is 3.81. The monoisotopic (exact) mass is 441 g/mol. The summed E-state index contributed by atoms with van der Waals surface area (Å²) in [7, 11) is 0. The molecule has 2 aromatic rings. The summed E-state index contributed by atoms with van der Waals surface area (Å²) in [5, 5.41) is 7.57. The minimum absolute atomic E-state index is 0.0916. The molecular formula is C25H32ClN3O2. The van der Waals surface area contributed by atoms with Gasteiger partial charge in [0.05, 0.1) is 5.02 Å². The number of halogens is 1. The van der Waals surface area contributed by atoms with Gasteiger partial charge in [0.15, 0.2) is 0 Å². The molecule has 0 unspecified atom stereocenters. The summed E-state index contributed by atoms with van der Waals surface area (Å²) < 4.78 is 5.49. The molecule has 166 valence electrons. The van der Waals surface area contributed by atoms with Gasteiger partial charge in [0.25, 0.3) is 0 Å². The van der Waals surface area contributed by atoms with E-state index >= 15 is 0 Å². The molecule has 0 radical (unpaired) electrons. The van der Waals surface area contributed by atoms with Gasteiger partial charge in [0, 0.05) is 61.3 Å². The molecule has 31 heavy (non-hydrogen) atoms. The summed E-state index contributed by atoms with van der Waals surface area (Å²) in [5.74, 6) is 0.969. The quantitative estimate of drug-likeness (QED) is 0.649. The van der Waals surface area contributed by atoms with Gasteiger partial charge in [-0.25, -0.2) is 0 Å². The van der Waals surface area contributed by atoms with E-state index in [2.05, 4.69) is 40.7 Å². The molecule has 0 aliphatic carbocycles. The second-order valence-corrected chi connectivity index (χ2v) is 9.21. The molecular weight excluding hydrogens is 410 g/mol. The maximum Gasteiger partial charge on any atom is 0.143 e. The summed E-state index contributed by atoms with van der Waals surface area (Å²) >= 11 is 6.50. The highest BCUT2D eigenvalue weighted by Gasteiger charge is 2.22. The highest BCUT2D eigenvalue weighted by molar-refractivity contribution is 6.33. The van der Waals surface area contributed by atoms with Crippen LogP contribution >= 0.6 is 11.6 Å². The van der Waals surface area contributed by atoms with Gasteiger partial charge in [-0.05, 0) is 68.8 Å². The molecule has 5 nitrogen and oxygen atoms in total. The van der Waals surface area contributed by atoms with E-state index in [1.54, 1.807) is 6.20 Å². The average Bonchev–Trinajstić information content (AvgIpc) is 2.81. The van der Waals surface area contributed by atoms with Crippen LogP contribution in [-0.4, -0.2) is 43.1 Å². The Labute approximate surface area is 189 Å². The number of hydrogen-bond donors (Lipinski definition) is 2. The number of rotatable bonds is 7. The number of piperidine rings is 1. The molecule has 2 aliphatic rings. The van der Waals surface area contributed by atoms with Gasteiger partial charge in [0.2, 0.25) is 0 Å². The van der Waals surface area contributed by atoms with E-state index in [-0.39, 0.29) is 11.7 Å². The van der Waals surface area contributed by atoms with Crippen LogP contribution in [0.4, 0.5) is 5.69 Å².